The smallest absolute Gasteiger partial charge is 0.255 e. The fourth-order valence-electron chi connectivity index (χ4n) is 4.74. The van der Waals surface area contributed by atoms with Crippen LogP contribution in [0.5, 0.6) is 5.75 Å². The van der Waals surface area contributed by atoms with Gasteiger partial charge in [-0.15, -0.1) is 0 Å². The van der Waals surface area contributed by atoms with Gasteiger partial charge in [0, 0.05) is 58.6 Å². The van der Waals surface area contributed by atoms with Crippen LogP contribution in [0.2, 0.25) is 0 Å². The van der Waals surface area contributed by atoms with Crippen LogP contribution in [-0.4, -0.2) is 95.4 Å². The maximum atomic E-state index is 12.7. The van der Waals surface area contributed by atoms with E-state index in [1.165, 1.54) is 12.4 Å². The molecule has 2 aliphatic rings. The highest BCUT2D eigenvalue weighted by Gasteiger charge is 2.25. The average molecular weight is 506 g/mol. The molecule has 1 aromatic carbocycles. The van der Waals surface area contributed by atoms with Gasteiger partial charge in [-0.1, -0.05) is 12.1 Å². The van der Waals surface area contributed by atoms with E-state index in [1.54, 1.807) is 23.9 Å². The predicted molar refractivity (Wildman–Crippen MR) is 142 cm³/mol. The molecule has 5 rings (SSSR count). The molecular formula is C27H35N7O3. The molecule has 10 nitrogen and oxygen atoms in total. The second-order valence-corrected chi connectivity index (χ2v) is 9.65. The molecule has 1 atom stereocenters. The molecular weight excluding hydrogens is 470 g/mol. The summed E-state index contributed by atoms with van der Waals surface area (Å²) < 4.78 is 13.7. The molecule has 0 aliphatic carbocycles. The van der Waals surface area contributed by atoms with Crippen LogP contribution in [0.4, 0.5) is 5.95 Å². The molecule has 2 fully saturated rings. The number of hydrogen-bond donors (Lipinski definition) is 0. The Morgan fingerprint density at radius 3 is 2.59 bits per heavy atom. The number of benzene rings is 1. The van der Waals surface area contributed by atoms with E-state index in [0.717, 1.165) is 50.5 Å². The van der Waals surface area contributed by atoms with Crippen molar-refractivity contribution in [2.24, 2.45) is 7.05 Å². The van der Waals surface area contributed by atoms with Crippen molar-refractivity contribution in [1.29, 1.82) is 0 Å². The highest BCUT2D eigenvalue weighted by atomic mass is 16.5. The zero-order valence-electron chi connectivity index (χ0n) is 21.6. The van der Waals surface area contributed by atoms with Crippen molar-refractivity contribution < 1.29 is 9.47 Å². The molecule has 37 heavy (non-hydrogen) atoms. The van der Waals surface area contributed by atoms with E-state index in [1.807, 2.05) is 12.1 Å². The van der Waals surface area contributed by atoms with E-state index < -0.39 is 0 Å². The van der Waals surface area contributed by atoms with Gasteiger partial charge in [-0.3, -0.25) is 9.36 Å². The standard InChI is InChI=1S/C27H35N7O3/c1-31-11-13-33(14-12-31)10-3-16-36-22-6-4-21(5-7-22)25-19-34(15-17-37-25)27-30-24(18-26(35)32(27)2)23-8-9-28-20-29-23/h4-9,18,20,25H,3,10-17,19H2,1-2H3/t25-/m1/s1. The first-order chi connectivity index (χ1) is 18.1. The Hall–Kier alpha value is -3.34. The SMILES string of the molecule is CN1CCN(CCCOc2ccc([C@H]3CN(c4nc(-c5ccncn5)cc(=O)n4C)CCO3)cc2)CC1. The number of likely N-dealkylation sites (N-methyl/N-ethyl adjacent to an activating group) is 1. The lowest BCUT2D eigenvalue weighted by Gasteiger charge is -2.34. The summed E-state index contributed by atoms with van der Waals surface area (Å²) in [6, 6.07) is 11.4. The summed E-state index contributed by atoms with van der Waals surface area (Å²) in [5, 5.41) is 0. The maximum absolute atomic E-state index is 12.7. The molecule has 2 saturated heterocycles. The van der Waals surface area contributed by atoms with Gasteiger partial charge < -0.3 is 24.2 Å². The lowest BCUT2D eigenvalue weighted by Crippen LogP contribution is -2.44. The number of anilines is 1. The van der Waals surface area contributed by atoms with Gasteiger partial charge in [0.25, 0.3) is 5.56 Å². The number of morpholine rings is 1. The minimum atomic E-state index is -0.129. The monoisotopic (exact) mass is 505 g/mol. The number of rotatable bonds is 8. The minimum Gasteiger partial charge on any atom is -0.494 e. The maximum Gasteiger partial charge on any atom is 0.255 e. The van der Waals surface area contributed by atoms with Crippen molar-refractivity contribution in [2.75, 3.05) is 71.0 Å². The summed E-state index contributed by atoms with van der Waals surface area (Å²) in [6.07, 6.45) is 4.00. The Morgan fingerprint density at radius 1 is 1.03 bits per heavy atom. The Bertz CT molecular complexity index is 1210. The Balaban J connectivity index is 1.19. The van der Waals surface area contributed by atoms with Crippen LogP contribution in [0.3, 0.4) is 0 Å². The number of ether oxygens (including phenoxy) is 2. The topological polar surface area (TPSA) is 88.9 Å². The van der Waals surface area contributed by atoms with Crippen LogP contribution in [0.15, 0.2) is 53.7 Å². The van der Waals surface area contributed by atoms with Gasteiger partial charge >= 0.3 is 0 Å². The average Bonchev–Trinajstić information content (AvgIpc) is 2.94. The largest absolute Gasteiger partial charge is 0.494 e. The highest BCUT2D eigenvalue weighted by Crippen LogP contribution is 2.27. The molecule has 2 aliphatic heterocycles. The molecule has 0 radical (unpaired) electrons. The molecule has 0 saturated carbocycles. The number of nitrogens with zero attached hydrogens (tertiary/aromatic N) is 7. The lowest BCUT2D eigenvalue weighted by molar-refractivity contribution is 0.0389. The molecule has 196 valence electrons. The number of hydrogen-bond acceptors (Lipinski definition) is 9. The number of piperazine rings is 1. The Morgan fingerprint density at radius 2 is 1.84 bits per heavy atom. The molecule has 0 N–H and O–H groups in total. The number of aromatic nitrogens is 4. The zero-order valence-corrected chi connectivity index (χ0v) is 21.6. The molecule has 0 bridgehead atoms. The first-order valence-electron chi connectivity index (χ1n) is 12.9. The summed E-state index contributed by atoms with van der Waals surface area (Å²) in [4.78, 5) is 32.6. The summed E-state index contributed by atoms with van der Waals surface area (Å²) in [6.45, 7) is 8.14. The summed E-state index contributed by atoms with van der Waals surface area (Å²) in [5.74, 6) is 1.48. The third kappa shape index (κ3) is 6.33. The summed E-state index contributed by atoms with van der Waals surface area (Å²) in [5.41, 5.74) is 2.11. The predicted octanol–water partition coefficient (Wildman–Crippen LogP) is 1.83. The Kier molecular flexibility index (Phi) is 8.08. The van der Waals surface area contributed by atoms with E-state index in [2.05, 4.69) is 43.8 Å². The second kappa shape index (κ2) is 11.8. The van der Waals surface area contributed by atoms with Crippen LogP contribution < -0.4 is 15.2 Å². The van der Waals surface area contributed by atoms with Gasteiger partial charge in [0.1, 0.15) is 18.2 Å². The molecule has 3 aromatic rings. The quantitative estimate of drug-likeness (QED) is 0.426. The van der Waals surface area contributed by atoms with E-state index in [-0.39, 0.29) is 11.7 Å². The fourth-order valence-corrected chi connectivity index (χ4v) is 4.74. The fraction of sp³-hybridized carbons (Fsp3) is 0.481. The van der Waals surface area contributed by atoms with Crippen molar-refractivity contribution in [3.8, 4) is 17.1 Å². The Labute approximate surface area is 217 Å². The van der Waals surface area contributed by atoms with Crippen LogP contribution in [0.25, 0.3) is 11.4 Å². The van der Waals surface area contributed by atoms with E-state index >= 15 is 0 Å². The van der Waals surface area contributed by atoms with Crippen LogP contribution in [0, 0.1) is 0 Å². The first kappa shape index (κ1) is 25.3. The minimum absolute atomic E-state index is 0.125. The van der Waals surface area contributed by atoms with Crippen molar-refractivity contribution in [3.05, 3.63) is 64.8 Å². The van der Waals surface area contributed by atoms with Gasteiger partial charge in [-0.25, -0.2) is 15.0 Å². The van der Waals surface area contributed by atoms with Crippen molar-refractivity contribution in [1.82, 2.24) is 29.3 Å². The molecule has 0 amide bonds. The zero-order chi connectivity index (χ0) is 25.6. The van der Waals surface area contributed by atoms with E-state index in [9.17, 15) is 4.79 Å². The van der Waals surface area contributed by atoms with Crippen LogP contribution in [0.1, 0.15) is 18.1 Å². The molecule has 10 heteroatoms. The normalized spacial score (nSPS) is 19.2. The van der Waals surface area contributed by atoms with Gasteiger partial charge in [0.05, 0.1) is 31.1 Å². The van der Waals surface area contributed by atoms with Gasteiger partial charge in [-0.2, -0.15) is 0 Å². The van der Waals surface area contributed by atoms with Crippen molar-refractivity contribution in [2.45, 2.75) is 12.5 Å². The molecule has 0 spiro atoms. The molecule has 4 heterocycles. The first-order valence-corrected chi connectivity index (χ1v) is 12.9. The molecule has 0 unspecified atom stereocenters. The van der Waals surface area contributed by atoms with E-state index in [4.69, 9.17) is 14.5 Å². The van der Waals surface area contributed by atoms with Gasteiger partial charge in [0.2, 0.25) is 5.95 Å². The van der Waals surface area contributed by atoms with E-state index in [0.29, 0.717) is 43.6 Å². The van der Waals surface area contributed by atoms with Crippen LogP contribution in [-0.2, 0) is 11.8 Å². The second-order valence-electron chi connectivity index (χ2n) is 9.65. The molecule has 2 aromatic heterocycles. The van der Waals surface area contributed by atoms with Gasteiger partial charge in [-0.05, 0) is 37.2 Å². The van der Waals surface area contributed by atoms with Crippen molar-refractivity contribution in [3.63, 3.8) is 0 Å². The highest BCUT2D eigenvalue weighted by molar-refractivity contribution is 5.55. The third-order valence-corrected chi connectivity index (χ3v) is 7.04. The van der Waals surface area contributed by atoms with Gasteiger partial charge in [0.15, 0.2) is 0 Å². The van der Waals surface area contributed by atoms with Crippen LogP contribution >= 0.6 is 0 Å². The lowest BCUT2D eigenvalue weighted by atomic mass is 10.1. The summed E-state index contributed by atoms with van der Waals surface area (Å²) >= 11 is 0. The van der Waals surface area contributed by atoms with Crippen molar-refractivity contribution >= 4 is 5.95 Å². The summed E-state index contributed by atoms with van der Waals surface area (Å²) in [7, 11) is 3.92. The third-order valence-electron chi connectivity index (χ3n) is 7.04.